The van der Waals surface area contributed by atoms with Gasteiger partial charge in [0.15, 0.2) is 0 Å². The topological polar surface area (TPSA) is 12.0 Å². The highest BCUT2D eigenvalue weighted by molar-refractivity contribution is 7.17. The SMILES string of the molecule is Clc1ccccc1CNc1ccc2sccc2c1. The second kappa shape index (κ2) is 5.01. The average molecular weight is 274 g/mol. The van der Waals surface area contributed by atoms with Crippen molar-refractivity contribution in [2.24, 2.45) is 0 Å². The van der Waals surface area contributed by atoms with Crippen LogP contribution >= 0.6 is 22.9 Å². The monoisotopic (exact) mass is 273 g/mol. The van der Waals surface area contributed by atoms with E-state index < -0.39 is 0 Å². The number of hydrogen-bond acceptors (Lipinski definition) is 2. The molecule has 3 rings (SSSR count). The predicted molar refractivity (Wildman–Crippen MR) is 80.6 cm³/mol. The lowest BCUT2D eigenvalue weighted by atomic mass is 10.2. The van der Waals surface area contributed by atoms with Gasteiger partial charge in [-0.3, -0.25) is 0 Å². The Hall–Kier alpha value is -1.51. The number of benzene rings is 2. The van der Waals surface area contributed by atoms with Gasteiger partial charge < -0.3 is 5.32 Å². The molecule has 18 heavy (non-hydrogen) atoms. The summed E-state index contributed by atoms with van der Waals surface area (Å²) < 4.78 is 1.32. The highest BCUT2D eigenvalue weighted by Crippen LogP contribution is 2.24. The maximum Gasteiger partial charge on any atom is 0.0455 e. The number of hydrogen-bond donors (Lipinski definition) is 1. The molecule has 0 spiro atoms. The minimum Gasteiger partial charge on any atom is -0.381 e. The van der Waals surface area contributed by atoms with Crippen LogP contribution in [-0.2, 0) is 6.54 Å². The van der Waals surface area contributed by atoms with Crippen molar-refractivity contribution in [2.45, 2.75) is 6.54 Å². The molecule has 2 aromatic carbocycles. The van der Waals surface area contributed by atoms with E-state index in [1.165, 1.54) is 10.1 Å². The van der Waals surface area contributed by atoms with Gasteiger partial charge in [0.2, 0.25) is 0 Å². The summed E-state index contributed by atoms with van der Waals surface area (Å²) in [4.78, 5) is 0. The Morgan fingerprint density at radius 2 is 1.94 bits per heavy atom. The van der Waals surface area contributed by atoms with Crippen molar-refractivity contribution in [2.75, 3.05) is 5.32 Å². The largest absolute Gasteiger partial charge is 0.381 e. The molecule has 1 aromatic heterocycles. The minimum absolute atomic E-state index is 0.745. The second-order valence-electron chi connectivity index (χ2n) is 4.12. The van der Waals surface area contributed by atoms with E-state index in [0.717, 1.165) is 22.8 Å². The summed E-state index contributed by atoms with van der Waals surface area (Å²) in [6, 6.07) is 16.5. The first-order valence-corrected chi connectivity index (χ1v) is 7.03. The van der Waals surface area contributed by atoms with Crippen LogP contribution in [0, 0.1) is 0 Å². The van der Waals surface area contributed by atoms with Crippen molar-refractivity contribution in [1.82, 2.24) is 0 Å². The summed E-state index contributed by atoms with van der Waals surface area (Å²) in [6.07, 6.45) is 0. The average Bonchev–Trinajstić information content (AvgIpc) is 2.85. The first kappa shape index (κ1) is 11.6. The molecule has 0 fully saturated rings. The van der Waals surface area contributed by atoms with Gasteiger partial charge >= 0.3 is 0 Å². The molecule has 3 heteroatoms. The first-order chi connectivity index (χ1) is 8.83. The highest BCUT2D eigenvalue weighted by atomic mass is 35.5. The fourth-order valence-corrected chi connectivity index (χ4v) is 2.89. The van der Waals surface area contributed by atoms with Crippen molar-refractivity contribution < 1.29 is 0 Å². The molecule has 0 aliphatic rings. The summed E-state index contributed by atoms with van der Waals surface area (Å²) >= 11 is 7.89. The van der Waals surface area contributed by atoms with Gasteiger partial charge in [0, 0.05) is 22.0 Å². The number of nitrogens with one attached hydrogen (secondary N) is 1. The molecule has 0 bridgehead atoms. The lowest BCUT2D eigenvalue weighted by Gasteiger charge is -2.08. The van der Waals surface area contributed by atoms with E-state index in [1.54, 1.807) is 11.3 Å². The zero-order valence-electron chi connectivity index (χ0n) is 9.69. The Labute approximate surface area is 115 Å². The van der Waals surface area contributed by atoms with Gasteiger partial charge in [0.25, 0.3) is 0 Å². The van der Waals surface area contributed by atoms with E-state index in [4.69, 9.17) is 11.6 Å². The molecule has 0 radical (unpaired) electrons. The van der Waals surface area contributed by atoms with Gasteiger partial charge in [-0.05, 0) is 46.7 Å². The normalized spacial score (nSPS) is 10.7. The van der Waals surface area contributed by atoms with Crippen LogP contribution in [0.3, 0.4) is 0 Å². The Kier molecular flexibility index (Phi) is 3.22. The summed E-state index contributed by atoms with van der Waals surface area (Å²) in [5.41, 5.74) is 2.24. The maximum absolute atomic E-state index is 6.13. The molecule has 1 nitrogen and oxygen atoms in total. The van der Waals surface area contributed by atoms with E-state index in [9.17, 15) is 0 Å². The van der Waals surface area contributed by atoms with Crippen LogP contribution in [0.15, 0.2) is 53.9 Å². The molecule has 0 saturated carbocycles. The molecule has 0 aliphatic carbocycles. The molecule has 0 saturated heterocycles. The van der Waals surface area contributed by atoms with Crippen LogP contribution in [0.25, 0.3) is 10.1 Å². The van der Waals surface area contributed by atoms with Crippen LogP contribution in [0.5, 0.6) is 0 Å². The third kappa shape index (κ3) is 2.35. The summed E-state index contributed by atoms with van der Waals surface area (Å²) in [5.74, 6) is 0. The molecule has 3 aromatic rings. The van der Waals surface area contributed by atoms with Crippen molar-refractivity contribution in [3.63, 3.8) is 0 Å². The van der Waals surface area contributed by atoms with Gasteiger partial charge in [-0.15, -0.1) is 11.3 Å². The smallest absolute Gasteiger partial charge is 0.0455 e. The number of rotatable bonds is 3. The van der Waals surface area contributed by atoms with Crippen LogP contribution in [0.1, 0.15) is 5.56 Å². The number of anilines is 1. The van der Waals surface area contributed by atoms with E-state index in [-0.39, 0.29) is 0 Å². The van der Waals surface area contributed by atoms with Gasteiger partial charge in [-0.2, -0.15) is 0 Å². The van der Waals surface area contributed by atoms with Gasteiger partial charge in [-0.25, -0.2) is 0 Å². The Morgan fingerprint density at radius 3 is 2.83 bits per heavy atom. The third-order valence-corrected chi connectivity index (χ3v) is 4.16. The maximum atomic E-state index is 6.13. The molecule has 0 atom stereocenters. The second-order valence-corrected chi connectivity index (χ2v) is 5.47. The molecule has 0 unspecified atom stereocenters. The Balaban J connectivity index is 1.78. The van der Waals surface area contributed by atoms with E-state index in [1.807, 2.05) is 24.3 Å². The molecule has 0 amide bonds. The molecular formula is C15H12ClNS. The van der Waals surface area contributed by atoms with Crippen molar-refractivity contribution in [1.29, 1.82) is 0 Å². The summed E-state index contributed by atoms with van der Waals surface area (Å²) in [6.45, 7) is 0.745. The zero-order valence-corrected chi connectivity index (χ0v) is 11.3. The van der Waals surface area contributed by atoms with Crippen molar-refractivity contribution in [3.8, 4) is 0 Å². The lowest BCUT2D eigenvalue weighted by molar-refractivity contribution is 1.15. The van der Waals surface area contributed by atoms with Crippen LogP contribution in [0.4, 0.5) is 5.69 Å². The lowest BCUT2D eigenvalue weighted by Crippen LogP contribution is -1.99. The summed E-state index contributed by atoms with van der Waals surface area (Å²) in [7, 11) is 0. The molecule has 90 valence electrons. The number of halogens is 1. The quantitative estimate of drug-likeness (QED) is 0.694. The van der Waals surface area contributed by atoms with Crippen molar-refractivity contribution in [3.05, 3.63) is 64.5 Å². The Bertz CT molecular complexity index is 675. The minimum atomic E-state index is 0.745. The van der Waals surface area contributed by atoms with Crippen molar-refractivity contribution >= 4 is 38.7 Å². The predicted octanol–water partition coefficient (Wildman–Crippen LogP) is 5.17. The Morgan fingerprint density at radius 1 is 1.06 bits per heavy atom. The van der Waals surface area contributed by atoms with Crippen LogP contribution < -0.4 is 5.32 Å². The molecular weight excluding hydrogens is 262 g/mol. The van der Waals surface area contributed by atoms with E-state index in [0.29, 0.717) is 0 Å². The standard InChI is InChI=1S/C15H12ClNS/c16-14-4-2-1-3-12(14)10-17-13-5-6-15-11(9-13)7-8-18-15/h1-9,17H,10H2. The number of thiophene rings is 1. The van der Waals surface area contributed by atoms with Gasteiger partial charge in [-0.1, -0.05) is 29.8 Å². The van der Waals surface area contributed by atoms with Gasteiger partial charge in [0.05, 0.1) is 0 Å². The third-order valence-electron chi connectivity index (χ3n) is 2.89. The zero-order chi connectivity index (χ0) is 12.4. The molecule has 1 N–H and O–H groups in total. The molecule has 0 aliphatic heterocycles. The van der Waals surface area contributed by atoms with Crippen LogP contribution in [0.2, 0.25) is 5.02 Å². The van der Waals surface area contributed by atoms with Gasteiger partial charge in [0.1, 0.15) is 0 Å². The van der Waals surface area contributed by atoms with Crippen LogP contribution in [-0.4, -0.2) is 0 Å². The fourth-order valence-electron chi connectivity index (χ4n) is 1.92. The summed E-state index contributed by atoms with van der Waals surface area (Å²) in [5, 5.41) is 7.61. The first-order valence-electron chi connectivity index (χ1n) is 5.77. The number of fused-ring (bicyclic) bond motifs is 1. The fraction of sp³-hybridized carbons (Fsp3) is 0.0667. The van der Waals surface area contributed by atoms with E-state index >= 15 is 0 Å². The molecule has 1 heterocycles. The highest BCUT2D eigenvalue weighted by Gasteiger charge is 2.00. The van der Waals surface area contributed by atoms with E-state index in [2.05, 4.69) is 35.0 Å².